The van der Waals surface area contributed by atoms with Crippen molar-refractivity contribution in [1.82, 2.24) is 5.32 Å². The molecule has 2 aromatic carbocycles. The number of hydrogen-bond donors (Lipinski definition) is 2. The van der Waals surface area contributed by atoms with Gasteiger partial charge in [-0.1, -0.05) is 24.3 Å². The largest absolute Gasteiger partial charge is 0.493 e. The second-order valence-corrected chi connectivity index (χ2v) is 5.37. The van der Waals surface area contributed by atoms with E-state index in [1.807, 2.05) is 0 Å². The van der Waals surface area contributed by atoms with E-state index in [1.165, 1.54) is 25.3 Å². The molecule has 27 heavy (non-hydrogen) atoms. The van der Waals surface area contributed by atoms with Crippen molar-refractivity contribution in [2.24, 2.45) is 0 Å². The van der Waals surface area contributed by atoms with Crippen LogP contribution in [-0.2, 0) is 16.1 Å². The van der Waals surface area contributed by atoms with Gasteiger partial charge in [-0.25, -0.2) is 0 Å². The van der Waals surface area contributed by atoms with Crippen molar-refractivity contribution < 1.29 is 32.2 Å². The van der Waals surface area contributed by atoms with Crippen LogP contribution in [0.3, 0.4) is 0 Å². The molecule has 0 saturated heterocycles. The molecule has 0 aliphatic rings. The molecule has 0 unspecified atom stereocenters. The van der Waals surface area contributed by atoms with Gasteiger partial charge in [-0.15, -0.1) is 0 Å². The third-order valence-corrected chi connectivity index (χ3v) is 3.36. The average molecular weight is 382 g/mol. The second-order valence-electron chi connectivity index (χ2n) is 5.37. The smallest absolute Gasteiger partial charge is 0.471 e. The maximum absolute atomic E-state index is 12.3. The Bertz CT molecular complexity index is 809. The average Bonchev–Trinajstić information content (AvgIpc) is 2.64. The Morgan fingerprint density at radius 2 is 1.74 bits per heavy atom. The van der Waals surface area contributed by atoms with Crippen molar-refractivity contribution in [2.45, 2.75) is 12.7 Å². The zero-order valence-electron chi connectivity index (χ0n) is 14.3. The maximum Gasteiger partial charge on any atom is 0.471 e. The summed E-state index contributed by atoms with van der Waals surface area (Å²) in [6.07, 6.45) is -4.97. The summed E-state index contributed by atoms with van der Waals surface area (Å²) in [5.41, 5.74) is 0.495. The summed E-state index contributed by atoms with van der Waals surface area (Å²) >= 11 is 0. The van der Waals surface area contributed by atoms with E-state index in [1.54, 1.807) is 35.6 Å². The molecule has 0 aliphatic carbocycles. The Morgan fingerprint density at radius 3 is 2.41 bits per heavy atom. The van der Waals surface area contributed by atoms with Crippen molar-refractivity contribution in [1.29, 1.82) is 0 Å². The molecule has 2 aromatic rings. The van der Waals surface area contributed by atoms with Gasteiger partial charge in [-0.05, 0) is 29.8 Å². The number of amides is 2. The van der Waals surface area contributed by atoms with Gasteiger partial charge in [0.1, 0.15) is 0 Å². The van der Waals surface area contributed by atoms with Gasteiger partial charge in [0, 0.05) is 12.2 Å². The SMILES string of the molecule is COc1ccccc1OCC(=O)NCc1cccc(NC(=O)C(F)(F)F)c1. The summed E-state index contributed by atoms with van der Waals surface area (Å²) in [4.78, 5) is 22.8. The Kier molecular flexibility index (Phi) is 6.64. The summed E-state index contributed by atoms with van der Waals surface area (Å²) in [5.74, 6) is -1.59. The number of methoxy groups -OCH3 is 1. The molecular formula is C18H17F3N2O4. The molecule has 0 saturated carbocycles. The zero-order chi connectivity index (χ0) is 19.9. The Labute approximate surface area is 153 Å². The molecule has 0 bridgehead atoms. The topological polar surface area (TPSA) is 76.7 Å². The van der Waals surface area contributed by atoms with E-state index in [-0.39, 0.29) is 18.8 Å². The number of benzene rings is 2. The van der Waals surface area contributed by atoms with E-state index < -0.39 is 18.0 Å². The molecule has 6 nitrogen and oxygen atoms in total. The van der Waals surface area contributed by atoms with Gasteiger partial charge in [0.05, 0.1) is 7.11 Å². The number of halogens is 3. The lowest BCUT2D eigenvalue weighted by Gasteiger charge is -2.11. The van der Waals surface area contributed by atoms with E-state index in [0.29, 0.717) is 17.1 Å². The highest BCUT2D eigenvalue weighted by molar-refractivity contribution is 5.94. The third-order valence-electron chi connectivity index (χ3n) is 3.36. The molecule has 9 heteroatoms. The lowest BCUT2D eigenvalue weighted by atomic mass is 10.2. The van der Waals surface area contributed by atoms with Crippen molar-refractivity contribution in [3.63, 3.8) is 0 Å². The lowest BCUT2D eigenvalue weighted by molar-refractivity contribution is -0.167. The van der Waals surface area contributed by atoms with Crippen LogP contribution in [0.4, 0.5) is 18.9 Å². The first-order valence-corrected chi connectivity index (χ1v) is 7.79. The van der Waals surface area contributed by atoms with Crippen molar-refractivity contribution in [3.05, 3.63) is 54.1 Å². The maximum atomic E-state index is 12.3. The molecule has 0 atom stereocenters. The fourth-order valence-corrected chi connectivity index (χ4v) is 2.09. The summed E-state index contributed by atoms with van der Waals surface area (Å²) in [5, 5.41) is 4.33. The van der Waals surface area contributed by atoms with Crippen LogP contribution < -0.4 is 20.1 Å². The first kappa shape index (κ1) is 20.1. The molecule has 0 aliphatic heterocycles. The van der Waals surface area contributed by atoms with Gasteiger partial charge in [0.15, 0.2) is 18.1 Å². The van der Waals surface area contributed by atoms with Gasteiger partial charge in [0.2, 0.25) is 0 Å². The van der Waals surface area contributed by atoms with Crippen LogP contribution >= 0.6 is 0 Å². The number of carbonyl (C=O) groups excluding carboxylic acids is 2. The molecule has 2 rings (SSSR count). The van der Waals surface area contributed by atoms with Crippen LogP contribution in [0.2, 0.25) is 0 Å². The second kappa shape index (κ2) is 8.93. The highest BCUT2D eigenvalue weighted by atomic mass is 19.4. The number of carbonyl (C=O) groups is 2. The number of ether oxygens (including phenoxy) is 2. The van der Waals surface area contributed by atoms with Crippen molar-refractivity contribution in [2.75, 3.05) is 19.0 Å². The monoisotopic (exact) mass is 382 g/mol. The first-order chi connectivity index (χ1) is 12.8. The lowest BCUT2D eigenvalue weighted by Crippen LogP contribution is -2.30. The van der Waals surface area contributed by atoms with Crippen LogP contribution in [0.5, 0.6) is 11.5 Å². The highest BCUT2D eigenvalue weighted by Gasteiger charge is 2.38. The van der Waals surface area contributed by atoms with Gasteiger partial charge < -0.3 is 20.1 Å². The zero-order valence-corrected chi connectivity index (χ0v) is 14.3. The fourth-order valence-electron chi connectivity index (χ4n) is 2.09. The number of alkyl halides is 3. The van der Waals surface area contributed by atoms with Crippen molar-refractivity contribution >= 4 is 17.5 Å². The van der Waals surface area contributed by atoms with Crippen LogP contribution in [0.15, 0.2) is 48.5 Å². The molecule has 0 heterocycles. The van der Waals surface area contributed by atoms with E-state index in [9.17, 15) is 22.8 Å². The van der Waals surface area contributed by atoms with Crippen molar-refractivity contribution in [3.8, 4) is 11.5 Å². The summed E-state index contributed by atoms with van der Waals surface area (Å²) in [6, 6.07) is 12.6. The van der Waals surface area contributed by atoms with E-state index in [0.717, 1.165) is 0 Å². The molecule has 0 aromatic heterocycles. The van der Waals surface area contributed by atoms with Gasteiger partial charge in [-0.3, -0.25) is 9.59 Å². The summed E-state index contributed by atoms with van der Waals surface area (Å²) in [7, 11) is 1.48. The highest BCUT2D eigenvalue weighted by Crippen LogP contribution is 2.25. The Balaban J connectivity index is 1.86. The first-order valence-electron chi connectivity index (χ1n) is 7.79. The molecule has 0 fully saturated rings. The minimum atomic E-state index is -4.97. The number of rotatable bonds is 7. The van der Waals surface area contributed by atoms with Crippen LogP contribution in [0, 0.1) is 0 Å². The Morgan fingerprint density at radius 1 is 1.04 bits per heavy atom. The summed E-state index contributed by atoms with van der Waals surface area (Å²) in [6.45, 7) is -0.200. The molecule has 2 amide bonds. The quantitative estimate of drug-likeness (QED) is 0.772. The minimum Gasteiger partial charge on any atom is -0.493 e. The molecular weight excluding hydrogens is 365 g/mol. The van der Waals surface area contributed by atoms with Gasteiger partial charge in [-0.2, -0.15) is 13.2 Å². The number of hydrogen-bond acceptors (Lipinski definition) is 4. The minimum absolute atomic E-state index is 0.0191. The van der Waals surface area contributed by atoms with Crippen LogP contribution in [-0.4, -0.2) is 31.7 Å². The molecule has 0 radical (unpaired) electrons. The summed E-state index contributed by atoms with van der Waals surface area (Å²) < 4.78 is 47.3. The third kappa shape index (κ3) is 6.21. The van der Waals surface area contributed by atoms with Gasteiger partial charge >= 0.3 is 12.1 Å². The van der Waals surface area contributed by atoms with E-state index in [2.05, 4.69) is 5.32 Å². The Hall–Kier alpha value is -3.23. The number of anilines is 1. The predicted molar refractivity (Wildman–Crippen MR) is 91.5 cm³/mol. The van der Waals surface area contributed by atoms with Crippen LogP contribution in [0.1, 0.15) is 5.56 Å². The fraction of sp³-hybridized carbons (Fsp3) is 0.222. The van der Waals surface area contributed by atoms with Gasteiger partial charge in [0.25, 0.3) is 5.91 Å². The van der Waals surface area contributed by atoms with E-state index in [4.69, 9.17) is 9.47 Å². The number of para-hydroxylation sites is 2. The van der Waals surface area contributed by atoms with Crippen LogP contribution in [0.25, 0.3) is 0 Å². The predicted octanol–water partition coefficient (Wildman–Crippen LogP) is 2.89. The molecule has 2 N–H and O–H groups in total. The van der Waals surface area contributed by atoms with E-state index >= 15 is 0 Å². The normalized spacial score (nSPS) is 10.8. The number of nitrogens with one attached hydrogen (secondary N) is 2. The molecule has 0 spiro atoms. The molecule has 144 valence electrons. The standard InChI is InChI=1S/C18H17F3N2O4/c1-26-14-7-2-3-8-15(14)27-11-16(24)22-10-12-5-4-6-13(9-12)23-17(25)18(19,20)21/h2-9H,10-11H2,1H3,(H,22,24)(H,23,25).